The first-order chi connectivity index (χ1) is 8.27. The van der Waals surface area contributed by atoms with Gasteiger partial charge in [-0.25, -0.2) is 0 Å². The lowest BCUT2D eigenvalue weighted by molar-refractivity contribution is -0.00309. The quantitative estimate of drug-likeness (QED) is 0.829. The Labute approximate surface area is 102 Å². The highest BCUT2D eigenvalue weighted by Crippen LogP contribution is 2.29. The van der Waals surface area contributed by atoms with Gasteiger partial charge in [-0.15, -0.1) is 0 Å². The third kappa shape index (κ3) is 3.58. The van der Waals surface area contributed by atoms with E-state index in [1.807, 2.05) is 0 Å². The number of aliphatic hydroxyl groups is 2. The van der Waals surface area contributed by atoms with Crippen molar-refractivity contribution in [2.24, 2.45) is 5.92 Å². The van der Waals surface area contributed by atoms with Crippen LogP contribution in [0.25, 0.3) is 0 Å². The fourth-order valence-electron chi connectivity index (χ4n) is 2.69. The van der Waals surface area contributed by atoms with E-state index in [0.717, 1.165) is 12.3 Å². The van der Waals surface area contributed by atoms with Crippen molar-refractivity contribution >= 4 is 0 Å². The van der Waals surface area contributed by atoms with Crippen LogP contribution in [-0.2, 0) is 0 Å². The predicted molar refractivity (Wildman–Crippen MR) is 65.5 cm³/mol. The first-order valence-electron chi connectivity index (χ1n) is 6.67. The number of aliphatic hydroxyl groups excluding tert-OH is 2. The van der Waals surface area contributed by atoms with E-state index in [0.29, 0.717) is 12.2 Å². The molecule has 2 atom stereocenters. The molecule has 0 bridgehead atoms. The van der Waals surface area contributed by atoms with Gasteiger partial charge in [-0.05, 0) is 30.9 Å². The number of hydrogen-bond donors (Lipinski definition) is 2. The summed E-state index contributed by atoms with van der Waals surface area (Å²) in [5.41, 5.74) is 0. The molecule has 3 nitrogen and oxygen atoms in total. The highest BCUT2D eigenvalue weighted by atomic mass is 16.4. The summed E-state index contributed by atoms with van der Waals surface area (Å²) in [5.74, 6) is 1.20. The van der Waals surface area contributed by atoms with Gasteiger partial charge in [0.2, 0.25) is 0 Å². The van der Waals surface area contributed by atoms with E-state index < -0.39 is 12.2 Å². The van der Waals surface area contributed by atoms with Crippen LogP contribution in [0.4, 0.5) is 0 Å². The van der Waals surface area contributed by atoms with E-state index in [9.17, 15) is 10.2 Å². The normalized spacial score (nSPS) is 21.3. The van der Waals surface area contributed by atoms with Crippen LogP contribution in [-0.4, -0.2) is 16.3 Å². The minimum absolute atomic E-state index is 0.459. The molecule has 17 heavy (non-hydrogen) atoms. The Kier molecular flexibility index (Phi) is 4.63. The van der Waals surface area contributed by atoms with Gasteiger partial charge in [-0.1, -0.05) is 32.1 Å². The van der Waals surface area contributed by atoms with Crippen molar-refractivity contribution in [3.05, 3.63) is 24.2 Å². The third-order valence-electron chi connectivity index (χ3n) is 3.79. The van der Waals surface area contributed by atoms with Gasteiger partial charge in [0.15, 0.2) is 0 Å². The molecule has 1 aromatic rings. The summed E-state index contributed by atoms with van der Waals surface area (Å²) >= 11 is 0. The molecule has 1 saturated carbocycles. The van der Waals surface area contributed by atoms with Gasteiger partial charge in [0.1, 0.15) is 11.9 Å². The van der Waals surface area contributed by atoms with Crippen LogP contribution in [0.1, 0.15) is 56.8 Å². The SMILES string of the molecule is OC(CCC1CCCCC1)C(O)c1ccco1. The van der Waals surface area contributed by atoms with Crippen LogP contribution in [0.5, 0.6) is 0 Å². The van der Waals surface area contributed by atoms with Gasteiger partial charge in [0.05, 0.1) is 12.4 Å². The molecule has 1 aliphatic carbocycles. The lowest BCUT2D eigenvalue weighted by Gasteiger charge is -2.23. The van der Waals surface area contributed by atoms with Crippen LogP contribution in [0.2, 0.25) is 0 Å². The Morgan fingerprint density at radius 2 is 2.00 bits per heavy atom. The maximum atomic E-state index is 9.91. The summed E-state index contributed by atoms with van der Waals surface area (Å²) in [6.45, 7) is 0. The van der Waals surface area contributed by atoms with Gasteiger partial charge in [-0.3, -0.25) is 0 Å². The summed E-state index contributed by atoms with van der Waals surface area (Å²) in [4.78, 5) is 0. The second-order valence-corrected chi connectivity index (χ2v) is 5.11. The minimum Gasteiger partial charge on any atom is -0.466 e. The van der Waals surface area contributed by atoms with Crippen molar-refractivity contribution in [1.82, 2.24) is 0 Å². The molecule has 1 heterocycles. The van der Waals surface area contributed by atoms with Crippen molar-refractivity contribution < 1.29 is 14.6 Å². The zero-order valence-corrected chi connectivity index (χ0v) is 10.2. The standard InChI is InChI=1S/C14H22O3/c15-12(14(16)13-7-4-10-17-13)9-8-11-5-2-1-3-6-11/h4,7,10-12,14-16H,1-3,5-6,8-9H2. The molecule has 96 valence electrons. The van der Waals surface area contributed by atoms with Crippen LogP contribution in [0.15, 0.2) is 22.8 Å². The average Bonchev–Trinajstić information content (AvgIpc) is 2.90. The van der Waals surface area contributed by atoms with Crippen molar-refractivity contribution in [2.75, 3.05) is 0 Å². The van der Waals surface area contributed by atoms with E-state index in [-0.39, 0.29) is 0 Å². The third-order valence-corrected chi connectivity index (χ3v) is 3.79. The lowest BCUT2D eigenvalue weighted by Crippen LogP contribution is -2.19. The van der Waals surface area contributed by atoms with Gasteiger partial charge in [-0.2, -0.15) is 0 Å². The largest absolute Gasteiger partial charge is 0.466 e. The molecule has 0 saturated heterocycles. The Hall–Kier alpha value is -0.800. The molecular formula is C14H22O3. The van der Waals surface area contributed by atoms with Crippen LogP contribution in [0.3, 0.4) is 0 Å². The number of rotatable bonds is 5. The Morgan fingerprint density at radius 1 is 1.24 bits per heavy atom. The van der Waals surface area contributed by atoms with Gasteiger partial charge >= 0.3 is 0 Å². The summed E-state index contributed by atoms with van der Waals surface area (Å²) in [5, 5.41) is 19.8. The molecule has 1 aromatic heterocycles. The maximum Gasteiger partial charge on any atom is 0.137 e. The van der Waals surface area contributed by atoms with Crippen LogP contribution in [0, 0.1) is 5.92 Å². The molecule has 0 amide bonds. The van der Waals surface area contributed by atoms with E-state index in [1.165, 1.54) is 38.4 Å². The van der Waals surface area contributed by atoms with Crippen molar-refractivity contribution in [3.8, 4) is 0 Å². The van der Waals surface area contributed by atoms with Gasteiger partial charge in [0, 0.05) is 0 Å². The summed E-state index contributed by atoms with van der Waals surface area (Å²) in [6, 6.07) is 3.43. The fraction of sp³-hybridized carbons (Fsp3) is 0.714. The number of hydrogen-bond acceptors (Lipinski definition) is 3. The zero-order valence-electron chi connectivity index (χ0n) is 10.2. The van der Waals surface area contributed by atoms with E-state index >= 15 is 0 Å². The molecule has 2 unspecified atom stereocenters. The van der Waals surface area contributed by atoms with E-state index in [2.05, 4.69) is 0 Å². The molecule has 0 radical (unpaired) electrons. The Morgan fingerprint density at radius 3 is 2.65 bits per heavy atom. The predicted octanol–water partition coefficient (Wildman–Crippen LogP) is 3.03. The summed E-state index contributed by atoms with van der Waals surface area (Å²) < 4.78 is 5.10. The Bertz CT molecular complexity index is 301. The smallest absolute Gasteiger partial charge is 0.137 e. The molecular weight excluding hydrogens is 216 g/mol. The zero-order chi connectivity index (χ0) is 12.1. The molecule has 3 heteroatoms. The van der Waals surface area contributed by atoms with Crippen molar-refractivity contribution in [3.63, 3.8) is 0 Å². The first-order valence-corrected chi connectivity index (χ1v) is 6.67. The van der Waals surface area contributed by atoms with Crippen molar-refractivity contribution in [2.45, 2.75) is 57.2 Å². The van der Waals surface area contributed by atoms with Gasteiger partial charge in [0.25, 0.3) is 0 Å². The minimum atomic E-state index is -0.881. The molecule has 0 aromatic carbocycles. The second kappa shape index (κ2) is 6.22. The highest BCUT2D eigenvalue weighted by molar-refractivity contribution is 5.03. The summed E-state index contributed by atoms with van der Waals surface area (Å²) in [7, 11) is 0. The molecule has 0 spiro atoms. The first kappa shape index (κ1) is 12.7. The van der Waals surface area contributed by atoms with E-state index in [4.69, 9.17) is 4.42 Å². The van der Waals surface area contributed by atoms with Crippen LogP contribution < -0.4 is 0 Å². The molecule has 1 fully saturated rings. The molecule has 2 N–H and O–H groups in total. The molecule has 1 aliphatic rings. The van der Waals surface area contributed by atoms with Crippen molar-refractivity contribution in [1.29, 1.82) is 0 Å². The van der Waals surface area contributed by atoms with Gasteiger partial charge < -0.3 is 14.6 Å². The topological polar surface area (TPSA) is 53.6 Å². The monoisotopic (exact) mass is 238 g/mol. The Balaban J connectivity index is 1.74. The molecule has 0 aliphatic heterocycles. The van der Waals surface area contributed by atoms with Crippen LogP contribution >= 0.6 is 0 Å². The molecule has 2 rings (SSSR count). The number of furan rings is 1. The summed E-state index contributed by atoms with van der Waals surface area (Å²) in [6.07, 6.45) is 8.17. The maximum absolute atomic E-state index is 9.91. The van der Waals surface area contributed by atoms with E-state index in [1.54, 1.807) is 12.1 Å². The second-order valence-electron chi connectivity index (χ2n) is 5.11. The lowest BCUT2D eigenvalue weighted by atomic mass is 9.85. The highest BCUT2D eigenvalue weighted by Gasteiger charge is 2.22. The average molecular weight is 238 g/mol. The fourth-order valence-corrected chi connectivity index (χ4v) is 2.69.